The van der Waals surface area contributed by atoms with Gasteiger partial charge in [0.2, 0.25) is 0 Å². The standard InChI is InChI=1S/C11H21NO2/c1-3-9(2)8-10(13)11(12)4-6-14-7-5-11/h9H,3-8,12H2,1-2H3. The first kappa shape index (κ1) is 11.7. The van der Waals surface area contributed by atoms with E-state index in [0.717, 1.165) is 6.42 Å². The van der Waals surface area contributed by atoms with E-state index in [9.17, 15) is 4.79 Å². The number of rotatable bonds is 4. The maximum atomic E-state index is 11.9. The van der Waals surface area contributed by atoms with Crippen molar-refractivity contribution in [3.8, 4) is 0 Å². The normalized spacial score (nSPS) is 23.1. The van der Waals surface area contributed by atoms with Gasteiger partial charge in [-0.3, -0.25) is 4.79 Å². The monoisotopic (exact) mass is 199 g/mol. The van der Waals surface area contributed by atoms with Crippen molar-refractivity contribution >= 4 is 5.78 Å². The van der Waals surface area contributed by atoms with Crippen molar-refractivity contribution in [3.63, 3.8) is 0 Å². The predicted molar refractivity (Wildman–Crippen MR) is 56.1 cm³/mol. The topological polar surface area (TPSA) is 52.3 Å². The third-order valence-corrected chi connectivity index (χ3v) is 3.17. The minimum Gasteiger partial charge on any atom is -0.381 e. The molecule has 82 valence electrons. The molecule has 3 nitrogen and oxygen atoms in total. The molecule has 1 fully saturated rings. The quantitative estimate of drug-likeness (QED) is 0.746. The van der Waals surface area contributed by atoms with Gasteiger partial charge in [-0.15, -0.1) is 0 Å². The Hall–Kier alpha value is -0.410. The zero-order chi connectivity index (χ0) is 10.6. The lowest BCUT2D eigenvalue weighted by molar-refractivity contribution is -0.128. The number of carbonyl (C=O) groups is 1. The maximum Gasteiger partial charge on any atom is 0.153 e. The first-order valence-electron chi connectivity index (χ1n) is 5.48. The van der Waals surface area contributed by atoms with Crippen molar-refractivity contribution in [2.24, 2.45) is 11.7 Å². The molecule has 1 aliphatic rings. The predicted octanol–water partition coefficient (Wildman–Crippen LogP) is 1.50. The lowest BCUT2D eigenvalue weighted by Gasteiger charge is -2.32. The van der Waals surface area contributed by atoms with Crippen LogP contribution in [0.3, 0.4) is 0 Å². The van der Waals surface area contributed by atoms with Crippen LogP contribution in [0, 0.1) is 5.92 Å². The number of ether oxygens (including phenoxy) is 1. The van der Waals surface area contributed by atoms with Crippen LogP contribution >= 0.6 is 0 Å². The molecule has 1 heterocycles. The molecule has 0 spiro atoms. The number of hydrogen-bond acceptors (Lipinski definition) is 3. The molecule has 0 amide bonds. The van der Waals surface area contributed by atoms with E-state index in [4.69, 9.17) is 10.5 Å². The Morgan fingerprint density at radius 2 is 2.07 bits per heavy atom. The van der Waals surface area contributed by atoms with Gasteiger partial charge < -0.3 is 10.5 Å². The minimum atomic E-state index is -0.596. The molecular weight excluding hydrogens is 178 g/mol. The van der Waals surface area contributed by atoms with Gasteiger partial charge in [-0.1, -0.05) is 20.3 Å². The number of ketones is 1. The fourth-order valence-electron chi connectivity index (χ4n) is 1.68. The van der Waals surface area contributed by atoms with Crippen LogP contribution in [0.15, 0.2) is 0 Å². The van der Waals surface area contributed by atoms with E-state index in [1.54, 1.807) is 0 Å². The maximum absolute atomic E-state index is 11.9. The van der Waals surface area contributed by atoms with E-state index >= 15 is 0 Å². The third-order valence-electron chi connectivity index (χ3n) is 3.17. The molecule has 1 unspecified atom stereocenters. The van der Waals surface area contributed by atoms with Gasteiger partial charge in [0.05, 0.1) is 5.54 Å². The Morgan fingerprint density at radius 3 is 2.57 bits per heavy atom. The summed E-state index contributed by atoms with van der Waals surface area (Å²) in [6.45, 7) is 5.46. The van der Waals surface area contributed by atoms with Gasteiger partial charge >= 0.3 is 0 Å². The summed E-state index contributed by atoms with van der Waals surface area (Å²) in [5.41, 5.74) is 5.48. The van der Waals surface area contributed by atoms with Gasteiger partial charge in [-0.2, -0.15) is 0 Å². The molecule has 0 aromatic rings. The van der Waals surface area contributed by atoms with Crippen molar-refractivity contribution in [2.75, 3.05) is 13.2 Å². The molecule has 0 bridgehead atoms. The van der Waals surface area contributed by atoms with Crippen LogP contribution in [0.5, 0.6) is 0 Å². The first-order valence-corrected chi connectivity index (χ1v) is 5.48. The van der Waals surface area contributed by atoms with Crippen LogP contribution in [0.1, 0.15) is 39.5 Å². The highest BCUT2D eigenvalue weighted by Crippen LogP contribution is 2.22. The summed E-state index contributed by atoms with van der Waals surface area (Å²) in [7, 11) is 0. The molecule has 1 rings (SSSR count). The van der Waals surface area contributed by atoms with Gasteiger partial charge in [-0.25, -0.2) is 0 Å². The summed E-state index contributed by atoms with van der Waals surface area (Å²) < 4.78 is 5.21. The second-order valence-electron chi connectivity index (χ2n) is 4.41. The smallest absolute Gasteiger partial charge is 0.153 e. The summed E-state index contributed by atoms with van der Waals surface area (Å²) in [6, 6.07) is 0. The van der Waals surface area contributed by atoms with Crippen LogP contribution in [0.4, 0.5) is 0 Å². The molecule has 1 saturated heterocycles. The van der Waals surface area contributed by atoms with Crippen LogP contribution in [-0.4, -0.2) is 24.5 Å². The van der Waals surface area contributed by atoms with E-state index in [-0.39, 0.29) is 5.78 Å². The number of Topliss-reactive ketones (excluding diaryl/α,β-unsaturated/α-hetero) is 1. The van der Waals surface area contributed by atoms with Crippen LogP contribution < -0.4 is 5.73 Å². The zero-order valence-corrected chi connectivity index (χ0v) is 9.21. The second-order valence-corrected chi connectivity index (χ2v) is 4.41. The van der Waals surface area contributed by atoms with Crippen LogP contribution in [-0.2, 0) is 9.53 Å². The summed E-state index contributed by atoms with van der Waals surface area (Å²) in [4.78, 5) is 11.9. The largest absolute Gasteiger partial charge is 0.381 e. The fourth-order valence-corrected chi connectivity index (χ4v) is 1.68. The third kappa shape index (κ3) is 2.79. The molecule has 3 heteroatoms. The Morgan fingerprint density at radius 1 is 1.50 bits per heavy atom. The molecule has 0 aromatic carbocycles. The van der Waals surface area contributed by atoms with Crippen molar-refractivity contribution in [3.05, 3.63) is 0 Å². The van der Waals surface area contributed by atoms with Gasteiger partial charge in [0.25, 0.3) is 0 Å². The molecule has 0 aliphatic carbocycles. The highest BCUT2D eigenvalue weighted by Gasteiger charge is 2.35. The van der Waals surface area contributed by atoms with Gasteiger partial charge in [0.15, 0.2) is 5.78 Å². The van der Waals surface area contributed by atoms with Gasteiger partial charge in [0.1, 0.15) is 0 Å². The summed E-state index contributed by atoms with van der Waals surface area (Å²) in [6.07, 6.45) is 3.02. The lowest BCUT2D eigenvalue weighted by atomic mass is 9.82. The van der Waals surface area contributed by atoms with E-state index < -0.39 is 5.54 Å². The summed E-state index contributed by atoms with van der Waals surface area (Å²) in [5, 5.41) is 0. The Bertz CT molecular complexity index is 197. The SMILES string of the molecule is CCC(C)CC(=O)C1(N)CCOCC1. The van der Waals surface area contributed by atoms with E-state index in [1.807, 2.05) is 0 Å². The Labute approximate surface area is 86.0 Å². The van der Waals surface area contributed by atoms with Crippen molar-refractivity contribution in [1.29, 1.82) is 0 Å². The van der Waals surface area contributed by atoms with Crippen LogP contribution in [0.2, 0.25) is 0 Å². The molecule has 14 heavy (non-hydrogen) atoms. The van der Waals surface area contributed by atoms with Crippen molar-refractivity contribution in [2.45, 2.75) is 45.1 Å². The fraction of sp³-hybridized carbons (Fsp3) is 0.909. The molecule has 0 radical (unpaired) electrons. The highest BCUT2D eigenvalue weighted by atomic mass is 16.5. The average Bonchev–Trinajstić information content (AvgIpc) is 2.18. The number of nitrogens with two attached hydrogens (primary N) is 1. The number of hydrogen-bond donors (Lipinski definition) is 1. The van der Waals surface area contributed by atoms with Gasteiger partial charge in [-0.05, 0) is 18.8 Å². The molecule has 2 N–H and O–H groups in total. The molecule has 1 aliphatic heterocycles. The second kappa shape index (κ2) is 4.89. The Balaban J connectivity index is 2.49. The van der Waals surface area contributed by atoms with E-state index in [1.165, 1.54) is 0 Å². The molecule has 0 saturated carbocycles. The van der Waals surface area contributed by atoms with Crippen molar-refractivity contribution < 1.29 is 9.53 Å². The van der Waals surface area contributed by atoms with Crippen molar-refractivity contribution in [1.82, 2.24) is 0 Å². The minimum absolute atomic E-state index is 0.218. The van der Waals surface area contributed by atoms with E-state index in [0.29, 0.717) is 38.4 Å². The molecule has 1 atom stereocenters. The average molecular weight is 199 g/mol. The zero-order valence-electron chi connectivity index (χ0n) is 9.21. The molecular formula is C11H21NO2. The lowest BCUT2D eigenvalue weighted by Crippen LogP contribution is -2.52. The number of carbonyl (C=O) groups excluding carboxylic acids is 1. The van der Waals surface area contributed by atoms with Gasteiger partial charge in [0, 0.05) is 19.6 Å². The summed E-state index contributed by atoms with van der Waals surface area (Å²) >= 11 is 0. The Kier molecular flexibility index (Phi) is 4.08. The molecule has 0 aromatic heterocycles. The summed E-state index contributed by atoms with van der Waals surface area (Å²) in [5.74, 6) is 0.668. The highest BCUT2D eigenvalue weighted by molar-refractivity contribution is 5.88. The van der Waals surface area contributed by atoms with E-state index in [2.05, 4.69) is 13.8 Å². The first-order chi connectivity index (χ1) is 6.58. The van der Waals surface area contributed by atoms with Crippen LogP contribution in [0.25, 0.3) is 0 Å².